The van der Waals surface area contributed by atoms with Crippen molar-refractivity contribution in [1.29, 1.82) is 5.26 Å². The van der Waals surface area contributed by atoms with Crippen LogP contribution in [0.4, 0.5) is 0 Å². The summed E-state index contributed by atoms with van der Waals surface area (Å²) in [5, 5.41) is 9.18. The molecule has 0 radical (unpaired) electrons. The zero-order chi connectivity index (χ0) is 19.4. The quantitative estimate of drug-likeness (QED) is 0.572. The molecular formula is C26H35NO. The maximum atomic E-state index is 9.18. The number of hydrogen-bond donors (Lipinski definition) is 0. The van der Waals surface area contributed by atoms with Gasteiger partial charge in [0.2, 0.25) is 0 Å². The number of ether oxygens (including phenoxy) is 1. The maximum Gasteiger partial charge on any atom is 0.121 e. The fraction of sp³-hybridized carbons (Fsp3) is 0.731. The van der Waals surface area contributed by atoms with Crippen LogP contribution < -0.4 is 4.74 Å². The van der Waals surface area contributed by atoms with Crippen LogP contribution in [0.1, 0.15) is 83.6 Å². The van der Waals surface area contributed by atoms with Gasteiger partial charge in [-0.15, -0.1) is 0 Å². The molecule has 2 nitrogen and oxygen atoms in total. The Morgan fingerprint density at radius 3 is 2.79 bits per heavy atom. The summed E-state index contributed by atoms with van der Waals surface area (Å²) < 4.78 is 6.44. The summed E-state index contributed by atoms with van der Waals surface area (Å²) in [7, 11) is 0. The van der Waals surface area contributed by atoms with Crippen LogP contribution in [0.2, 0.25) is 0 Å². The van der Waals surface area contributed by atoms with Gasteiger partial charge in [-0.25, -0.2) is 0 Å². The molecular weight excluding hydrogens is 342 g/mol. The fourth-order valence-electron chi connectivity index (χ4n) is 8.21. The van der Waals surface area contributed by atoms with E-state index in [2.05, 4.69) is 19.9 Å². The van der Waals surface area contributed by atoms with E-state index in [0.717, 1.165) is 29.4 Å². The Bertz CT molecular complexity index is 781. The molecule has 0 aromatic heterocycles. The van der Waals surface area contributed by atoms with E-state index in [0.29, 0.717) is 22.5 Å². The van der Waals surface area contributed by atoms with Crippen molar-refractivity contribution in [3.05, 3.63) is 29.8 Å². The predicted octanol–water partition coefficient (Wildman–Crippen LogP) is 6.74. The Morgan fingerprint density at radius 1 is 1.04 bits per heavy atom. The maximum absolute atomic E-state index is 9.18. The van der Waals surface area contributed by atoms with Crippen molar-refractivity contribution in [3.63, 3.8) is 0 Å². The molecule has 150 valence electrons. The first-order chi connectivity index (χ1) is 13.5. The Kier molecular flexibility index (Phi) is 4.49. The number of hydrogen-bond acceptors (Lipinski definition) is 2. The SMILES string of the molecule is C[C@]12CC[C@H]3[C@@H](CC[C@H]4CCCC[C@@]43C)[C@@H]1C[C@H](Oc1cccc(C#N)c1)C2. The number of nitriles is 1. The lowest BCUT2D eigenvalue weighted by molar-refractivity contribution is -0.103. The predicted molar refractivity (Wildman–Crippen MR) is 112 cm³/mol. The monoisotopic (exact) mass is 377 g/mol. The van der Waals surface area contributed by atoms with Crippen LogP contribution in [0.15, 0.2) is 24.3 Å². The van der Waals surface area contributed by atoms with Gasteiger partial charge in [0.15, 0.2) is 0 Å². The second-order valence-corrected chi connectivity index (χ2v) is 10.9. The highest BCUT2D eigenvalue weighted by molar-refractivity contribution is 5.36. The van der Waals surface area contributed by atoms with Gasteiger partial charge in [0.05, 0.1) is 17.7 Å². The van der Waals surface area contributed by atoms with Crippen LogP contribution in [0.5, 0.6) is 5.75 Å². The van der Waals surface area contributed by atoms with Crippen molar-refractivity contribution in [2.24, 2.45) is 34.5 Å². The highest BCUT2D eigenvalue weighted by Crippen LogP contribution is 2.66. The molecule has 0 saturated heterocycles. The lowest BCUT2D eigenvalue weighted by Crippen LogP contribution is -2.51. The molecule has 0 aliphatic heterocycles. The summed E-state index contributed by atoms with van der Waals surface area (Å²) in [5.41, 5.74) is 1.77. The Labute approximate surface area is 170 Å². The standard InChI is InChI=1S/C26H35NO/c1-25-13-11-23-22(10-9-19-7-3-4-12-26(19,23)2)24(25)15-21(16-25)28-20-8-5-6-18(14-20)17-27/h5-6,8,14,19,21-24H,3-4,7,9-13,15-16H2,1-2H3/t19-,21+,22-,23+,24+,25-,26+/m1/s1. The average Bonchev–Trinajstić information content (AvgIpc) is 3.03. The third-order valence-electron chi connectivity index (χ3n) is 9.58. The van der Waals surface area contributed by atoms with Gasteiger partial charge in [-0.2, -0.15) is 5.26 Å². The van der Waals surface area contributed by atoms with E-state index < -0.39 is 0 Å². The van der Waals surface area contributed by atoms with Crippen LogP contribution in [0, 0.1) is 45.8 Å². The summed E-state index contributed by atoms with van der Waals surface area (Å²) in [6, 6.07) is 9.96. The molecule has 0 bridgehead atoms. The summed E-state index contributed by atoms with van der Waals surface area (Å²) in [6.45, 7) is 5.21. The highest BCUT2D eigenvalue weighted by atomic mass is 16.5. The summed E-state index contributed by atoms with van der Waals surface area (Å²) in [5.74, 6) is 4.57. The number of fused-ring (bicyclic) bond motifs is 5. The van der Waals surface area contributed by atoms with Crippen LogP contribution >= 0.6 is 0 Å². The zero-order valence-electron chi connectivity index (χ0n) is 17.6. The number of rotatable bonds is 2. The van der Waals surface area contributed by atoms with Gasteiger partial charge in [0.1, 0.15) is 5.75 Å². The first-order valence-electron chi connectivity index (χ1n) is 11.7. The minimum Gasteiger partial charge on any atom is -0.490 e. The minimum atomic E-state index is 0.319. The van der Waals surface area contributed by atoms with E-state index in [-0.39, 0.29) is 0 Å². The number of nitrogens with zero attached hydrogens (tertiary/aromatic N) is 1. The van der Waals surface area contributed by atoms with Gasteiger partial charge in [-0.1, -0.05) is 32.8 Å². The van der Waals surface area contributed by atoms with Gasteiger partial charge >= 0.3 is 0 Å². The molecule has 7 atom stereocenters. The van der Waals surface area contributed by atoms with E-state index in [4.69, 9.17) is 4.74 Å². The van der Waals surface area contributed by atoms with Crippen molar-refractivity contribution in [2.45, 2.75) is 84.2 Å². The van der Waals surface area contributed by atoms with Gasteiger partial charge < -0.3 is 4.74 Å². The first-order valence-corrected chi connectivity index (χ1v) is 11.7. The molecule has 1 aromatic carbocycles. The lowest BCUT2D eigenvalue weighted by Gasteiger charge is -2.59. The van der Waals surface area contributed by atoms with E-state index in [9.17, 15) is 5.26 Å². The Hall–Kier alpha value is -1.49. The van der Waals surface area contributed by atoms with Crippen LogP contribution in [0.3, 0.4) is 0 Å². The molecule has 0 spiro atoms. The average molecular weight is 378 g/mol. The minimum absolute atomic E-state index is 0.319. The molecule has 5 rings (SSSR count). The van der Waals surface area contributed by atoms with E-state index in [1.54, 1.807) is 0 Å². The normalized spacial score (nSPS) is 44.7. The van der Waals surface area contributed by atoms with Crippen molar-refractivity contribution < 1.29 is 4.74 Å². The smallest absolute Gasteiger partial charge is 0.121 e. The van der Waals surface area contributed by atoms with Gasteiger partial charge in [-0.3, -0.25) is 0 Å². The summed E-state index contributed by atoms with van der Waals surface area (Å²) in [6.07, 6.45) is 14.4. The molecule has 0 unspecified atom stereocenters. The fourth-order valence-corrected chi connectivity index (χ4v) is 8.21. The molecule has 4 aliphatic carbocycles. The van der Waals surface area contributed by atoms with Crippen molar-refractivity contribution >= 4 is 0 Å². The molecule has 0 N–H and O–H groups in total. The van der Waals surface area contributed by atoms with Gasteiger partial charge in [0, 0.05) is 0 Å². The second-order valence-electron chi connectivity index (χ2n) is 10.9. The molecule has 0 heterocycles. The first kappa shape index (κ1) is 18.5. The molecule has 4 aliphatic rings. The Morgan fingerprint density at radius 2 is 1.93 bits per heavy atom. The van der Waals surface area contributed by atoms with Crippen LogP contribution in [0.25, 0.3) is 0 Å². The lowest BCUT2D eigenvalue weighted by atomic mass is 9.45. The van der Waals surface area contributed by atoms with Crippen molar-refractivity contribution in [1.82, 2.24) is 0 Å². The highest BCUT2D eigenvalue weighted by Gasteiger charge is 2.58. The van der Waals surface area contributed by atoms with Crippen molar-refractivity contribution in [2.75, 3.05) is 0 Å². The summed E-state index contributed by atoms with van der Waals surface area (Å²) >= 11 is 0. The summed E-state index contributed by atoms with van der Waals surface area (Å²) in [4.78, 5) is 0. The molecule has 1 aromatic rings. The molecule has 28 heavy (non-hydrogen) atoms. The van der Waals surface area contributed by atoms with Gasteiger partial charge in [-0.05, 0) is 104 Å². The van der Waals surface area contributed by atoms with E-state index in [1.807, 2.05) is 24.3 Å². The van der Waals surface area contributed by atoms with E-state index >= 15 is 0 Å². The third-order valence-corrected chi connectivity index (χ3v) is 9.58. The Balaban J connectivity index is 1.35. The number of benzene rings is 1. The third kappa shape index (κ3) is 2.89. The van der Waals surface area contributed by atoms with Crippen LogP contribution in [-0.4, -0.2) is 6.10 Å². The van der Waals surface area contributed by atoms with Crippen molar-refractivity contribution in [3.8, 4) is 11.8 Å². The molecule has 4 fully saturated rings. The zero-order valence-corrected chi connectivity index (χ0v) is 17.6. The van der Waals surface area contributed by atoms with Crippen LogP contribution in [-0.2, 0) is 0 Å². The topological polar surface area (TPSA) is 33.0 Å². The molecule has 2 heteroatoms. The molecule has 4 saturated carbocycles. The largest absolute Gasteiger partial charge is 0.490 e. The van der Waals surface area contributed by atoms with Gasteiger partial charge in [0.25, 0.3) is 0 Å². The molecule has 0 amide bonds. The second kappa shape index (κ2) is 6.79. The van der Waals surface area contributed by atoms with E-state index in [1.165, 1.54) is 64.2 Å².